The van der Waals surface area contributed by atoms with E-state index in [1.54, 1.807) is 0 Å². The molecule has 0 atom stereocenters. The average molecular weight is 335 g/mol. The van der Waals surface area contributed by atoms with Crippen molar-refractivity contribution in [2.24, 2.45) is 5.73 Å². The average Bonchev–Trinajstić information content (AvgIpc) is 3.02. The van der Waals surface area contributed by atoms with Gasteiger partial charge >= 0.3 is 0 Å². The molecule has 3 heterocycles. The molecule has 3 aromatic rings. The van der Waals surface area contributed by atoms with Gasteiger partial charge in [-0.15, -0.1) is 0 Å². The fraction of sp³-hybridized carbons (Fsp3) is 0.263. The summed E-state index contributed by atoms with van der Waals surface area (Å²) in [7, 11) is 0. The van der Waals surface area contributed by atoms with E-state index in [4.69, 9.17) is 5.73 Å². The fourth-order valence-corrected chi connectivity index (χ4v) is 3.43. The highest BCUT2D eigenvalue weighted by molar-refractivity contribution is 5.93. The lowest BCUT2D eigenvalue weighted by molar-refractivity contribution is 0.0995. The molecule has 1 saturated heterocycles. The maximum atomic E-state index is 12.0. The molecule has 1 aliphatic heterocycles. The number of primary amides is 1. The van der Waals surface area contributed by atoms with Crippen LogP contribution in [-0.2, 0) is 6.42 Å². The third kappa shape index (κ3) is 2.96. The molecule has 1 fully saturated rings. The summed E-state index contributed by atoms with van der Waals surface area (Å²) < 4.78 is 2.08. The number of imidazole rings is 1. The molecule has 1 aliphatic rings. The van der Waals surface area contributed by atoms with Gasteiger partial charge < -0.3 is 16.0 Å². The van der Waals surface area contributed by atoms with E-state index in [0.29, 0.717) is 12.1 Å². The molecule has 1 amide bonds. The molecule has 0 radical (unpaired) electrons. The van der Waals surface area contributed by atoms with Crippen molar-refractivity contribution in [1.29, 1.82) is 0 Å². The Kier molecular flexibility index (Phi) is 4.11. The zero-order valence-electron chi connectivity index (χ0n) is 14.0. The van der Waals surface area contributed by atoms with E-state index < -0.39 is 5.91 Å². The molecule has 4 rings (SSSR count). The van der Waals surface area contributed by atoms with Crippen LogP contribution in [0.15, 0.2) is 48.5 Å². The maximum Gasteiger partial charge on any atom is 0.269 e. The number of piperazine rings is 1. The Labute approximate surface area is 146 Å². The number of fused-ring (bicyclic) bond motifs is 1. The first-order valence-corrected chi connectivity index (χ1v) is 8.54. The Morgan fingerprint density at radius 2 is 1.84 bits per heavy atom. The fourth-order valence-electron chi connectivity index (χ4n) is 3.43. The summed E-state index contributed by atoms with van der Waals surface area (Å²) >= 11 is 0. The van der Waals surface area contributed by atoms with Crippen LogP contribution in [0.25, 0.3) is 5.65 Å². The van der Waals surface area contributed by atoms with Gasteiger partial charge in [0.1, 0.15) is 11.5 Å². The van der Waals surface area contributed by atoms with Gasteiger partial charge in [-0.05, 0) is 17.7 Å². The van der Waals surface area contributed by atoms with E-state index in [1.165, 1.54) is 0 Å². The Morgan fingerprint density at radius 1 is 1.08 bits per heavy atom. The van der Waals surface area contributed by atoms with Crippen molar-refractivity contribution in [3.05, 3.63) is 65.5 Å². The van der Waals surface area contributed by atoms with Crippen molar-refractivity contribution in [1.82, 2.24) is 14.7 Å². The standard InChI is InChI=1S/C19H21N5O/c20-19(25)18-15(13-14-5-2-1-3-6-14)24-16(22-18)7-4-8-17(24)23-11-9-21-10-12-23/h1-8,21H,9-13H2,(H2,20,25). The van der Waals surface area contributed by atoms with Crippen LogP contribution in [-0.4, -0.2) is 41.5 Å². The Bertz CT molecular complexity index is 897. The summed E-state index contributed by atoms with van der Waals surface area (Å²) in [4.78, 5) is 18.8. The number of aromatic nitrogens is 2. The number of rotatable bonds is 4. The first-order valence-electron chi connectivity index (χ1n) is 8.54. The predicted octanol–water partition coefficient (Wildman–Crippen LogP) is 1.43. The van der Waals surface area contributed by atoms with Crippen LogP contribution in [0.5, 0.6) is 0 Å². The molecule has 0 saturated carbocycles. The van der Waals surface area contributed by atoms with Gasteiger partial charge in [0.15, 0.2) is 5.69 Å². The van der Waals surface area contributed by atoms with E-state index in [9.17, 15) is 4.79 Å². The molecule has 6 heteroatoms. The van der Waals surface area contributed by atoms with Crippen LogP contribution in [0.2, 0.25) is 0 Å². The SMILES string of the molecule is NC(=O)c1nc2cccc(N3CCNCC3)n2c1Cc1ccccc1. The third-order valence-electron chi connectivity index (χ3n) is 4.61. The Hall–Kier alpha value is -2.86. The second-order valence-electron chi connectivity index (χ2n) is 6.25. The lowest BCUT2D eigenvalue weighted by Gasteiger charge is -2.30. The number of nitrogens with zero attached hydrogens (tertiary/aromatic N) is 3. The molecule has 0 bridgehead atoms. The van der Waals surface area contributed by atoms with Gasteiger partial charge in [-0.1, -0.05) is 36.4 Å². The quantitative estimate of drug-likeness (QED) is 0.756. The van der Waals surface area contributed by atoms with Gasteiger partial charge in [0.2, 0.25) is 0 Å². The predicted molar refractivity (Wildman–Crippen MR) is 98.0 cm³/mol. The summed E-state index contributed by atoms with van der Waals surface area (Å²) in [6.07, 6.45) is 0.614. The first kappa shape index (κ1) is 15.7. The van der Waals surface area contributed by atoms with E-state index in [1.807, 2.05) is 30.3 Å². The minimum absolute atomic E-state index is 0.353. The van der Waals surface area contributed by atoms with E-state index >= 15 is 0 Å². The molecule has 128 valence electrons. The zero-order valence-corrected chi connectivity index (χ0v) is 14.0. The molecular formula is C19H21N5O. The largest absolute Gasteiger partial charge is 0.364 e. The van der Waals surface area contributed by atoms with Gasteiger partial charge in [0.05, 0.1) is 5.69 Å². The molecule has 0 aliphatic carbocycles. The van der Waals surface area contributed by atoms with Gasteiger partial charge in [-0.2, -0.15) is 0 Å². The smallest absolute Gasteiger partial charge is 0.269 e. The molecule has 0 spiro atoms. The topological polar surface area (TPSA) is 75.7 Å². The summed E-state index contributed by atoms with van der Waals surface area (Å²) in [5, 5.41) is 3.37. The van der Waals surface area contributed by atoms with Crippen LogP contribution in [0.4, 0.5) is 5.82 Å². The van der Waals surface area contributed by atoms with E-state index in [-0.39, 0.29) is 0 Å². The second-order valence-corrected chi connectivity index (χ2v) is 6.25. The Morgan fingerprint density at radius 3 is 2.56 bits per heavy atom. The molecule has 0 unspecified atom stereocenters. The van der Waals surface area contributed by atoms with Crippen molar-refractivity contribution >= 4 is 17.4 Å². The van der Waals surface area contributed by atoms with Crippen molar-refractivity contribution in [3.63, 3.8) is 0 Å². The lowest BCUT2D eigenvalue weighted by atomic mass is 10.1. The van der Waals surface area contributed by atoms with E-state index in [2.05, 4.69) is 37.8 Å². The summed E-state index contributed by atoms with van der Waals surface area (Å²) in [6, 6.07) is 16.1. The highest BCUT2D eigenvalue weighted by Crippen LogP contribution is 2.24. The monoisotopic (exact) mass is 335 g/mol. The summed E-state index contributed by atoms with van der Waals surface area (Å²) in [5.74, 6) is 0.575. The molecule has 3 N–H and O–H groups in total. The summed E-state index contributed by atoms with van der Waals surface area (Å²) in [6.45, 7) is 3.74. The van der Waals surface area contributed by atoms with Crippen LogP contribution in [0.3, 0.4) is 0 Å². The number of nitrogens with one attached hydrogen (secondary N) is 1. The van der Waals surface area contributed by atoms with Gasteiger partial charge in [-0.25, -0.2) is 4.98 Å². The van der Waals surface area contributed by atoms with Crippen LogP contribution >= 0.6 is 0 Å². The lowest BCUT2D eigenvalue weighted by Crippen LogP contribution is -2.44. The van der Waals surface area contributed by atoms with Crippen molar-refractivity contribution in [3.8, 4) is 0 Å². The molecule has 1 aromatic carbocycles. The van der Waals surface area contributed by atoms with Gasteiger partial charge in [0, 0.05) is 32.6 Å². The number of pyridine rings is 1. The number of nitrogens with two attached hydrogens (primary N) is 1. The number of hydrogen-bond acceptors (Lipinski definition) is 4. The highest BCUT2D eigenvalue weighted by atomic mass is 16.1. The van der Waals surface area contributed by atoms with Crippen LogP contribution in [0, 0.1) is 0 Å². The molecule has 6 nitrogen and oxygen atoms in total. The minimum Gasteiger partial charge on any atom is -0.364 e. The molecule has 2 aromatic heterocycles. The number of benzene rings is 1. The van der Waals surface area contributed by atoms with E-state index in [0.717, 1.165) is 48.9 Å². The zero-order chi connectivity index (χ0) is 17.2. The number of hydrogen-bond donors (Lipinski definition) is 2. The number of carbonyl (C=O) groups is 1. The van der Waals surface area contributed by atoms with Crippen LogP contribution < -0.4 is 16.0 Å². The number of anilines is 1. The van der Waals surface area contributed by atoms with Gasteiger partial charge in [-0.3, -0.25) is 9.20 Å². The van der Waals surface area contributed by atoms with Crippen LogP contribution in [0.1, 0.15) is 21.7 Å². The second kappa shape index (κ2) is 6.57. The summed E-state index contributed by atoms with van der Waals surface area (Å²) in [5.41, 5.74) is 8.71. The highest BCUT2D eigenvalue weighted by Gasteiger charge is 2.21. The van der Waals surface area contributed by atoms with Gasteiger partial charge in [0.25, 0.3) is 5.91 Å². The van der Waals surface area contributed by atoms with Crippen molar-refractivity contribution in [2.75, 3.05) is 31.1 Å². The first-order chi connectivity index (χ1) is 12.2. The number of carbonyl (C=O) groups excluding carboxylic acids is 1. The normalized spacial score (nSPS) is 14.8. The van der Waals surface area contributed by atoms with Crippen molar-refractivity contribution < 1.29 is 4.79 Å². The minimum atomic E-state index is -0.485. The molecular weight excluding hydrogens is 314 g/mol. The maximum absolute atomic E-state index is 12.0. The molecule has 25 heavy (non-hydrogen) atoms. The van der Waals surface area contributed by atoms with Crippen molar-refractivity contribution in [2.45, 2.75) is 6.42 Å². The number of amides is 1. The third-order valence-corrected chi connectivity index (χ3v) is 4.61. The Balaban J connectivity index is 1.88.